The van der Waals surface area contributed by atoms with Crippen LogP contribution in [0.15, 0.2) is 18.2 Å². The van der Waals surface area contributed by atoms with E-state index in [9.17, 15) is 18.0 Å². The number of nitrogens with zero attached hydrogens (tertiary/aromatic N) is 1. The molecule has 2 N–H and O–H groups in total. The molecule has 0 aliphatic heterocycles. The van der Waals surface area contributed by atoms with Gasteiger partial charge >= 0.3 is 7.32 Å². The van der Waals surface area contributed by atoms with Crippen LogP contribution in [0.25, 0.3) is 0 Å². The van der Waals surface area contributed by atoms with Crippen LogP contribution < -0.4 is 0 Å². The molecule has 186 valence electrons. The Balaban J connectivity index is 0.00000172. The van der Waals surface area contributed by atoms with Crippen LogP contribution in [0.1, 0.15) is 109 Å². The summed E-state index contributed by atoms with van der Waals surface area (Å²) in [7, 11) is -2.28. The van der Waals surface area contributed by atoms with E-state index in [0.717, 1.165) is 62.5 Å². The number of aryl methyl sites for hydroxylation is 1. The highest BCUT2D eigenvalue weighted by atomic mass is 19.6. The summed E-state index contributed by atoms with van der Waals surface area (Å²) in [4.78, 5) is 2.36. The lowest BCUT2D eigenvalue weighted by atomic mass is 9.76. The molecule has 32 heavy (non-hydrogen) atoms. The van der Waals surface area contributed by atoms with Gasteiger partial charge in [-0.25, -0.2) is 0 Å². The summed E-state index contributed by atoms with van der Waals surface area (Å²) < 4.78 is 53.7. The molecule has 9 heteroatoms. The largest absolute Gasteiger partial charge is 0.667 e. The van der Waals surface area contributed by atoms with Gasteiger partial charge in [-0.2, -0.15) is 4.86 Å². The van der Waals surface area contributed by atoms with Gasteiger partial charge in [-0.1, -0.05) is 76.1 Å². The van der Waals surface area contributed by atoms with Gasteiger partial charge < -0.3 is 10.0 Å². The highest BCUT2D eigenvalue weighted by molar-refractivity contribution is 6.32. The highest BCUT2D eigenvalue weighted by Gasteiger charge is 2.60. The van der Waals surface area contributed by atoms with Gasteiger partial charge in [0.2, 0.25) is 5.54 Å². The van der Waals surface area contributed by atoms with E-state index in [2.05, 4.69) is 24.8 Å². The average molecular weight is 466 g/mol. The maximum Gasteiger partial charge on any atom is 0.667 e. The summed E-state index contributed by atoms with van der Waals surface area (Å²) in [5, 5.41) is 11.2. The number of hydrogen-bond acceptors (Lipinski definition) is 3. The lowest BCUT2D eigenvalue weighted by Gasteiger charge is -2.33. The monoisotopic (exact) mass is 466 g/mol. The Labute approximate surface area is 191 Å². The molecule has 4 nitrogen and oxygen atoms in total. The summed E-state index contributed by atoms with van der Waals surface area (Å²) in [6.45, 7) is 8.19. The van der Waals surface area contributed by atoms with Crippen LogP contribution in [-0.4, -0.2) is 22.5 Å². The van der Waals surface area contributed by atoms with Gasteiger partial charge in [0.05, 0.1) is 13.4 Å². The number of hydrogen-bond donors (Lipinski definition) is 2. The van der Waals surface area contributed by atoms with E-state index in [4.69, 9.17) is 10.0 Å². The van der Waals surface area contributed by atoms with Crippen LogP contribution in [0.4, 0.5) is 18.0 Å². The summed E-state index contributed by atoms with van der Waals surface area (Å²) in [6, 6.07) is 5.69. The quantitative estimate of drug-likeness (QED) is 0.162. The molecule has 1 aromatic carbocycles. The standard InChI is InChI=1S/C23H39F3N.BFH2O3/c1-5-9-14-20-15-13-17-22(21(20)16-10-6-2)23(18-11-7-3,19-12-8-4)27(24,25)26;2-5-1(3)4/h13,15,17H,5-12,14,16,18-19H2,1-4H3;3-4H/q+1;. The highest BCUT2D eigenvalue weighted by Crippen LogP contribution is 2.48. The van der Waals surface area contributed by atoms with Gasteiger partial charge in [-0.05, 0) is 49.7 Å². The molecule has 0 heterocycles. The fraction of sp³-hybridized carbons (Fsp3) is 0.739. The van der Waals surface area contributed by atoms with Gasteiger partial charge in [-0.15, -0.1) is 0 Å². The Hall–Kier alpha value is -1.16. The topological polar surface area (TPSA) is 49.7 Å². The minimum Gasteiger partial charge on any atom is -0.400 e. The van der Waals surface area contributed by atoms with Gasteiger partial charge in [-0.3, -0.25) is 0 Å². The maximum atomic E-state index is 14.5. The van der Waals surface area contributed by atoms with Gasteiger partial charge in [0, 0.05) is 18.4 Å². The summed E-state index contributed by atoms with van der Waals surface area (Å²) in [5.74, 6) is 0. The lowest BCUT2D eigenvalue weighted by molar-refractivity contribution is -1.30. The minimum absolute atomic E-state index is 0.184. The molecule has 0 fully saturated rings. The minimum atomic E-state index is -3.46. The van der Waals surface area contributed by atoms with Crippen LogP contribution in [0.3, 0.4) is 0 Å². The van der Waals surface area contributed by atoms with E-state index in [-0.39, 0.29) is 12.8 Å². The molecule has 1 rings (SSSR count). The van der Waals surface area contributed by atoms with Gasteiger partial charge in [0.1, 0.15) is 0 Å². The van der Waals surface area contributed by atoms with Crippen molar-refractivity contribution in [2.24, 2.45) is 0 Å². The Morgan fingerprint density at radius 2 is 1.31 bits per heavy atom. The summed E-state index contributed by atoms with van der Waals surface area (Å²) >= 11 is 0. The van der Waals surface area contributed by atoms with E-state index in [0.29, 0.717) is 18.4 Å². The van der Waals surface area contributed by atoms with Crippen LogP contribution >= 0.6 is 0 Å². The zero-order valence-electron chi connectivity index (χ0n) is 20.1. The van der Waals surface area contributed by atoms with Crippen LogP contribution in [0.2, 0.25) is 0 Å². The first-order valence-corrected chi connectivity index (χ1v) is 11.9. The average Bonchev–Trinajstić information content (AvgIpc) is 2.76. The molecule has 1 aromatic rings. The fourth-order valence-corrected chi connectivity index (χ4v) is 4.04. The summed E-state index contributed by atoms with van der Waals surface area (Å²) in [6.07, 6.45) is 8.81. The van der Waals surface area contributed by atoms with Crippen molar-refractivity contribution in [3.8, 4) is 0 Å². The Morgan fingerprint density at radius 3 is 1.72 bits per heavy atom. The number of halogens is 4. The number of benzene rings is 1. The molecule has 0 radical (unpaired) electrons. The number of quaternary nitrogens is 1. The third kappa shape index (κ3) is 9.77. The van der Waals surface area contributed by atoms with Crippen LogP contribution in [-0.2, 0) is 23.2 Å². The van der Waals surface area contributed by atoms with Crippen molar-refractivity contribution >= 4 is 7.32 Å². The fourth-order valence-electron chi connectivity index (χ4n) is 4.04. The van der Waals surface area contributed by atoms with Crippen LogP contribution in [0.5, 0.6) is 0 Å². The van der Waals surface area contributed by atoms with Crippen molar-refractivity contribution in [1.29, 1.82) is 0 Å². The van der Waals surface area contributed by atoms with E-state index in [1.807, 2.05) is 19.9 Å². The van der Waals surface area contributed by atoms with E-state index < -0.39 is 18.0 Å². The Bertz CT molecular complexity index is 607. The second kappa shape index (κ2) is 16.5. The van der Waals surface area contributed by atoms with Crippen molar-refractivity contribution in [2.75, 3.05) is 0 Å². The molecular weight excluding hydrogens is 425 g/mol. The third-order valence-corrected chi connectivity index (χ3v) is 5.81. The molecule has 0 aromatic heterocycles. The molecule has 0 spiro atoms. The van der Waals surface area contributed by atoms with Crippen molar-refractivity contribution in [2.45, 2.75) is 110 Å². The number of unbranched alkanes of at least 4 members (excludes halogenated alkanes) is 4. The first kappa shape index (κ1) is 30.8. The second-order valence-electron chi connectivity index (χ2n) is 8.25. The summed E-state index contributed by atoms with van der Waals surface area (Å²) in [5.41, 5.74) is 0.917. The molecule has 0 aliphatic carbocycles. The van der Waals surface area contributed by atoms with Gasteiger partial charge in [0.15, 0.2) is 0 Å². The molecule has 0 atom stereocenters. The molecule has 0 saturated heterocycles. The Kier molecular flexibility index (Phi) is 15.9. The lowest BCUT2D eigenvalue weighted by Crippen LogP contribution is -2.47. The Morgan fingerprint density at radius 1 is 0.844 bits per heavy atom. The van der Waals surface area contributed by atoms with Crippen molar-refractivity contribution in [3.05, 3.63) is 34.9 Å². The second-order valence-corrected chi connectivity index (χ2v) is 8.25. The van der Waals surface area contributed by atoms with Gasteiger partial charge in [0.25, 0.3) is 5.15 Å². The van der Waals surface area contributed by atoms with Crippen molar-refractivity contribution in [1.82, 2.24) is 0 Å². The maximum absolute atomic E-state index is 14.5. The SMILES string of the molecule is CCCCc1cccc(C(CCCC)(CCCC)[N+](F)(F)F)c1CCCC.OB(O)OF. The molecular formula is C23H41BF4NO3+. The number of rotatable bonds is 15. The van der Waals surface area contributed by atoms with Crippen molar-refractivity contribution < 1.29 is 38.0 Å². The first-order valence-electron chi connectivity index (χ1n) is 11.9. The molecule has 0 unspecified atom stereocenters. The first-order chi connectivity index (χ1) is 15.1. The smallest absolute Gasteiger partial charge is 0.400 e. The van der Waals surface area contributed by atoms with Crippen molar-refractivity contribution in [3.63, 3.8) is 0 Å². The van der Waals surface area contributed by atoms with E-state index in [1.54, 1.807) is 6.07 Å². The molecule has 0 amide bonds. The zero-order valence-corrected chi connectivity index (χ0v) is 20.1. The normalized spacial score (nSPS) is 11.8. The van der Waals surface area contributed by atoms with E-state index in [1.165, 1.54) is 0 Å². The predicted octanol–water partition coefficient (Wildman–Crippen LogP) is 7.27. The molecule has 0 bridgehead atoms. The zero-order chi connectivity index (χ0) is 24.6. The van der Waals surface area contributed by atoms with E-state index >= 15 is 0 Å². The molecule has 0 saturated carbocycles. The third-order valence-electron chi connectivity index (χ3n) is 5.81. The van der Waals surface area contributed by atoms with Crippen LogP contribution in [0, 0.1) is 0 Å². The predicted molar refractivity (Wildman–Crippen MR) is 120 cm³/mol. The molecule has 0 aliphatic rings.